The van der Waals surface area contributed by atoms with Gasteiger partial charge in [0.05, 0.1) is 6.42 Å². The van der Waals surface area contributed by atoms with Crippen LogP contribution < -0.4 is 5.32 Å². The monoisotopic (exact) mass is 267 g/mol. The molecule has 4 nitrogen and oxygen atoms in total. The number of rotatable bonds is 5. The lowest BCUT2D eigenvalue weighted by molar-refractivity contribution is 0.375. The number of hydrogen-bond donors (Lipinski definition) is 1. The molecule has 0 fully saturated rings. The third kappa shape index (κ3) is 3.35. The average molecular weight is 267 g/mol. The van der Waals surface area contributed by atoms with Gasteiger partial charge in [-0.3, -0.25) is 0 Å². The Morgan fingerprint density at radius 2 is 2.16 bits per heavy atom. The predicted molar refractivity (Wildman–Crippen MR) is 65.7 cm³/mol. The second-order valence-electron chi connectivity index (χ2n) is 4.39. The minimum atomic E-state index is -0.874. The van der Waals surface area contributed by atoms with Crippen LogP contribution in [0.3, 0.4) is 0 Å². The summed E-state index contributed by atoms with van der Waals surface area (Å²) in [7, 11) is 1.84. The van der Waals surface area contributed by atoms with E-state index < -0.39 is 11.6 Å². The number of hydrogen-bond acceptors (Lipinski definition) is 4. The van der Waals surface area contributed by atoms with Gasteiger partial charge in [-0.15, -0.1) is 0 Å². The van der Waals surface area contributed by atoms with E-state index in [2.05, 4.69) is 15.5 Å². The maximum absolute atomic E-state index is 13.5. The van der Waals surface area contributed by atoms with Crippen molar-refractivity contribution in [3.8, 4) is 0 Å². The van der Waals surface area contributed by atoms with Crippen molar-refractivity contribution in [2.45, 2.75) is 25.8 Å². The molecule has 0 aliphatic rings. The van der Waals surface area contributed by atoms with Gasteiger partial charge in [-0.1, -0.05) is 17.3 Å². The van der Waals surface area contributed by atoms with Crippen molar-refractivity contribution in [1.29, 1.82) is 0 Å². The Morgan fingerprint density at radius 1 is 1.37 bits per heavy atom. The van der Waals surface area contributed by atoms with Crippen LogP contribution in [0, 0.1) is 11.6 Å². The highest BCUT2D eigenvalue weighted by atomic mass is 19.2. The number of aromatic nitrogens is 2. The zero-order chi connectivity index (χ0) is 13.8. The van der Waals surface area contributed by atoms with Crippen LogP contribution in [0.25, 0.3) is 0 Å². The van der Waals surface area contributed by atoms with Crippen LogP contribution in [-0.2, 0) is 12.8 Å². The largest absolute Gasteiger partial charge is 0.339 e. The fourth-order valence-corrected chi connectivity index (χ4v) is 1.67. The number of benzene rings is 1. The first-order valence-electron chi connectivity index (χ1n) is 6.01. The van der Waals surface area contributed by atoms with Gasteiger partial charge < -0.3 is 9.84 Å². The first kappa shape index (κ1) is 13.6. The molecule has 6 heteroatoms. The summed E-state index contributed by atoms with van der Waals surface area (Å²) in [5, 5.41) is 6.87. The molecule has 1 aromatic heterocycles. The van der Waals surface area contributed by atoms with Crippen molar-refractivity contribution >= 4 is 0 Å². The molecule has 0 amide bonds. The summed E-state index contributed by atoms with van der Waals surface area (Å²) in [6.45, 7) is 1.99. The molecule has 0 bridgehead atoms. The summed E-state index contributed by atoms with van der Waals surface area (Å²) >= 11 is 0. The number of nitrogens with zero attached hydrogens (tertiary/aromatic N) is 2. The fourth-order valence-electron chi connectivity index (χ4n) is 1.67. The van der Waals surface area contributed by atoms with E-state index >= 15 is 0 Å². The Morgan fingerprint density at radius 3 is 2.89 bits per heavy atom. The lowest BCUT2D eigenvalue weighted by Gasteiger charge is -2.04. The minimum Gasteiger partial charge on any atom is -0.339 e. The van der Waals surface area contributed by atoms with Crippen molar-refractivity contribution in [3.63, 3.8) is 0 Å². The lowest BCUT2D eigenvalue weighted by Crippen LogP contribution is -2.24. The topological polar surface area (TPSA) is 51.0 Å². The third-order valence-electron chi connectivity index (χ3n) is 2.86. The summed E-state index contributed by atoms with van der Waals surface area (Å²) in [5.41, 5.74) is 0.205. The summed E-state index contributed by atoms with van der Waals surface area (Å²) in [6.07, 6.45) is 0.705. The Bertz CT molecular complexity index is 557. The Balaban J connectivity index is 2.09. The van der Waals surface area contributed by atoms with Gasteiger partial charge in [0.25, 0.3) is 0 Å². The second kappa shape index (κ2) is 5.88. The Hall–Kier alpha value is -1.82. The Labute approximate surface area is 109 Å². The van der Waals surface area contributed by atoms with E-state index in [4.69, 9.17) is 4.52 Å². The van der Waals surface area contributed by atoms with Gasteiger partial charge in [0.2, 0.25) is 5.89 Å². The van der Waals surface area contributed by atoms with Crippen LogP contribution >= 0.6 is 0 Å². The molecule has 0 radical (unpaired) electrons. The molecule has 19 heavy (non-hydrogen) atoms. The molecule has 0 aliphatic carbocycles. The molecule has 1 N–H and O–H groups in total. The van der Waals surface area contributed by atoms with E-state index in [9.17, 15) is 8.78 Å². The van der Waals surface area contributed by atoms with Crippen molar-refractivity contribution in [2.24, 2.45) is 0 Å². The van der Waals surface area contributed by atoms with E-state index in [1.54, 1.807) is 0 Å². The fraction of sp³-hybridized carbons (Fsp3) is 0.385. The highest BCUT2D eigenvalue weighted by molar-refractivity contribution is 5.21. The zero-order valence-electron chi connectivity index (χ0n) is 10.8. The van der Waals surface area contributed by atoms with Crippen molar-refractivity contribution < 1.29 is 13.3 Å². The van der Waals surface area contributed by atoms with E-state index in [1.165, 1.54) is 12.1 Å². The quantitative estimate of drug-likeness (QED) is 0.901. The maximum Gasteiger partial charge on any atom is 0.231 e. The normalized spacial score (nSPS) is 12.6. The summed E-state index contributed by atoms with van der Waals surface area (Å²) in [4.78, 5) is 4.16. The molecule has 102 valence electrons. The maximum atomic E-state index is 13.5. The van der Waals surface area contributed by atoms with Crippen LogP contribution in [0.15, 0.2) is 22.7 Å². The van der Waals surface area contributed by atoms with Gasteiger partial charge in [-0.05, 0) is 20.0 Å². The number of halogens is 2. The Kier molecular flexibility index (Phi) is 4.21. The molecule has 1 atom stereocenters. The standard InChI is InChI=1S/C13H15F2N3O/c1-8(16-2)6-11-17-12(19-18-11)7-9-4-3-5-10(14)13(9)15/h3-5,8,16H,6-7H2,1-2H3. The van der Waals surface area contributed by atoms with Gasteiger partial charge in [-0.25, -0.2) is 8.78 Å². The molecule has 1 heterocycles. The van der Waals surface area contributed by atoms with E-state index in [-0.39, 0.29) is 23.9 Å². The lowest BCUT2D eigenvalue weighted by atomic mass is 10.1. The van der Waals surface area contributed by atoms with Gasteiger partial charge in [0.1, 0.15) is 0 Å². The van der Waals surface area contributed by atoms with Crippen molar-refractivity contribution in [2.75, 3.05) is 7.05 Å². The molecule has 0 saturated heterocycles. The second-order valence-corrected chi connectivity index (χ2v) is 4.39. The van der Waals surface area contributed by atoms with Crippen molar-refractivity contribution in [1.82, 2.24) is 15.5 Å². The summed E-state index contributed by atoms with van der Waals surface area (Å²) in [5.74, 6) is -0.914. The summed E-state index contributed by atoms with van der Waals surface area (Å²) < 4.78 is 31.6. The van der Waals surface area contributed by atoms with Gasteiger partial charge in [0.15, 0.2) is 17.5 Å². The molecule has 1 aromatic carbocycles. The number of nitrogens with one attached hydrogen (secondary N) is 1. The third-order valence-corrected chi connectivity index (χ3v) is 2.86. The van der Waals surface area contributed by atoms with Gasteiger partial charge in [-0.2, -0.15) is 4.98 Å². The zero-order valence-corrected chi connectivity index (χ0v) is 10.8. The minimum absolute atomic E-state index is 0.0878. The van der Waals surface area contributed by atoms with E-state index in [0.29, 0.717) is 12.2 Å². The van der Waals surface area contributed by atoms with Crippen LogP contribution in [0.1, 0.15) is 24.2 Å². The highest BCUT2D eigenvalue weighted by Gasteiger charge is 2.13. The van der Waals surface area contributed by atoms with Crippen LogP contribution in [0.4, 0.5) is 8.78 Å². The number of likely N-dealkylation sites (N-methyl/N-ethyl adjacent to an activating group) is 1. The van der Waals surface area contributed by atoms with E-state index in [0.717, 1.165) is 6.07 Å². The molecular formula is C13H15F2N3O. The summed E-state index contributed by atoms with van der Waals surface area (Å²) in [6, 6.07) is 4.25. The van der Waals surface area contributed by atoms with Crippen LogP contribution in [0.5, 0.6) is 0 Å². The van der Waals surface area contributed by atoms with Crippen molar-refractivity contribution in [3.05, 3.63) is 47.1 Å². The SMILES string of the molecule is CNC(C)Cc1noc(Cc2cccc(F)c2F)n1. The molecule has 2 rings (SSSR count). The van der Waals surface area contributed by atoms with Crippen LogP contribution in [-0.4, -0.2) is 23.2 Å². The molecule has 0 saturated carbocycles. The molecular weight excluding hydrogens is 252 g/mol. The van der Waals surface area contributed by atoms with Gasteiger partial charge in [0, 0.05) is 18.0 Å². The van der Waals surface area contributed by atoms with Gasteiger partial charge >= 0.3 is 0 Å². The molecule has 0 aliphatic heterocycles. The first-order chi connectivity index (χ1) is 9.10. The highest BCUT2D eigenvalue weighted by Crippen LogP contribution is 2.15. The molecule has 1 unspecified atom stereocenters. The molecule has 0 spiro atoms. The predicted octanol–water partition coefficient (Wildman–Crippen LogP) is 2.09. The first-order valence-corrected chi connectivity index (χ1v) is 6.01. The average Bonchev–Trinajstić information content (AvgIpc) is 2.82. The van der Waals surface area contributed by atoms with E-state index in [1.807, 2.05) is 14.0 Å². The molecule has 2 aromatic rings. The van der Waals surface area contributed by atoms with Crippen LogP contribution in [0.2, 0.25) is 0 Å². The smallest absolute Gasteiger partial charge is 0.231 e.